The summed E-state index contributed by atoms with van der Waals surface area (Å²) in [6, 6.07) is 3.17. The molecule has 1 aromatic rings. The molecule has 0 heterocycles. The van der Waals surface area contributed by atoms with Crippen LogP contribution in [-0.2, 0) is 4.79 Å². The van der Waals surface area contributed by atoms with E-state index in [1.807, 2.05) is 0 Å². The van der Waals surface area contributed by atoms with Gasteiger partial charge in [-0.1, -0.05) is 23.7 Å². The average molecular weight is 246 g/mol. The van der Waals surface area contributed by atoms with Gasteiger partial charge in [0.05, 0.1) is 5.02 Å². The summed E-state index contributed by atoms with van der Waals surface area (Å²) >= 11 is 5.60. The molecule has 0 amide bonds. The van der Waals surface area contributed by atoms with Gasteiger partial charge in [-0.3, -0.25) is 10.1 Å². The summed E-state index contributed by atoms with van der Waals surface area (Å²) in [6.45, 7) is 3.58. The molecular weight excluding hydrogens is 233 g/mol. The minimum absolute atomic E-state index is 0.0497. The van der Waals surface area contributed by atoms with Gasteiger partial charge < -0.3 is 5.11 Å². The Bertz CT molecular complexity index is 396. The molecule has 0 fully saturated rings. The first-order valence-electron chi connectivity index (χ1n) is 4.86. The Balaban J connectivity index is 3.11. The van der Waals surface area contributed by atoms with E-state index >= 15 is 0 Å². The van der Waals surface area contributed by atoms with E-state index in [4.69, 9.17) is 16.7 Å². The normalized spacial score (nSPS) is 12.8. The van der Waals surface area contributed by atoms with Crippen LogP contribution in [0.25, 0.3) is 0 Å². The maximum atomic E-state index is 13.6. The molecule has 3 nitrogen and oxygen atoms in total. The second kappa shape index (κ2) is 5.27. The molecule has 0 saturated heterocycles. The molecule has 16 heavy (non-hydrogen) atoms. The molecule has 0 radical (unpaired) electrons. The molecule has 0 bridgehead atoms. The molecular formula is C11H13ClFNO2. The Kier molecular flexibility index (Phi) is 4.26. The van der Waals surface area contributed by atoms with Crippen LogP contribution < -0.4 is 5.32 Å². The van der Waals surface area contributed by atoms with Crippen molar-refractivity contribution in [2.45, 2.75) is 25.9 Å². The Morgan fingerprint density at radius 3 is 2.62 bits per heavy atom. The summed E-state index contributed by atoms with van der Waals surface area (Å²) < 4.78 is 13.6. The standard InChI is InChI=1S/C11H13ClFNO2/c1-6(2)14-10(11(15)16)7-4-3-5-8(12)9(7)13/h3-6,10,14H,1-2H3,(H,15,16). The molecule has 0 aliphatic rings. The summed E-state index contributed by atoms with van der Waals surface area (Å²) in [7, 11) is 0. The van der Waals surface area contributed by atoms with E-state index in [0.29, 0.717) is 0 Å². The van der Waals surface area contributed by atoms with Gasteiger partial charge in [0.15, 0.2) is 0 Å². The van der Waals surface area contributed by atoms with Crippen LogP contribution in [-0.4, -0.2) is 17.1 Å². The molecule has 88 valence electrons. The van der Waals surface area contributed by atoms with E-state index in [9.17, 15) is 9.18 Å². The zero-order valence-electron chi connectivity index (χ0n) is 9.00. The van der Waals surface area contributed by atoms with E-state index in [-0.39, 0.29) is 16.6 Å². The zero-order valence-corrected chi connectivity index (χ0v) is 9.75. The Hall–Kier alpha value is -1.13. The van der Waals surface area contributed by atoms with Crippen molar-refractivity contribution >= 4 is 17.6 Å². The van der Waals surface area contributed by atoms with Crippen molar-refractivity contribution in [2.24, 2.45) is 0 Å². The van der Waals surface area contributed by atoms with Crippen LogP contribution in [0, 0.1) is 5.82 Å². The first-order valence-corrected chi connectivity index (χ1v) is 5.24. The highest BCUT2D eigenvalue weighted by atomic mass is 35.5. The third-order valence-corrected chi connectivity index (χ3v) is 2.33. The average Bonchev–Trinajstić information content (AvgIpc) is 2.18. The van der Waals surface area contributed by atoms with E-state index in [0.717, 1.165) is 0 Å². The summed E-state index contributed by atoms with van der Waals surface area (Å²) in [5.41, 5.74) is 0.0497. The molecule has 0 aliphatic heterocycles. The Labute approximate surface area is 98.2 Å². The molecule has 0 aromatic heterocycles. The second-order valence-corrected chi connectivity index (χ2v) is 4.14. The molecule has 5 heteroatoms. The van der Waals surface area contributed by atoms with Gasteiger partial charge in [-0.2, -0.15) is 0 Å². The lowest BCUT2D eigenvalue weighted by atomic mass is 10.1. The van der Waals surface area contributed by atoms with Crippen LogP contribution in [0.4, 0.5) is 4.39 Å². The lowest BCUT2D eigenvalue weighted by Gasteiger charge is -2.18. The molecule has 1 rings (SSSR count). The van der Waals surface area contributed by atoms with Gasteiger partial charge in [0.2, 0.25) is 0 Å². The van der Waals surface area contributed by atoms with Crippen molar-refractivity contribution in [1.29, 1.82) is 0 Å². The van der Waals surface area contributed by atoms with E-state index in [1.54, 1.807) is 13.8 Å². The number of aliphatic carboxylic acids is 1. The quantitative estimate of drug-likeness (QED) is 0.857. The van der Waals surface area contributed by atoms with Crippen molar-refractivity contribution in [3.8, 4) is 0 Å². The minimum Gasteiger partial charge on any atom is -0.480 e. The fraction of sp³-hybridized carbons (Fsp3) is 0.364. The number of hydrogen-bond donors (Lipinski definition) is 2. The molecule has 0 spiro atoms. The molecule has 2 N–H and O–H groups in total. The lowest BCUT2D eigenvalue weighted by molar-refractivity contribution is -0.139. The van der Waals surface area contributed by atoms with Gasteiger partial charge >= 0.3 is 5.97 Å². The highest BCUT2D eigenvalue weighted by molar-refractivity contribution is 6.30. The summed E-state index contributed by atoms with van der Waals surface area (Å²) in [5, 5.41) is 11.7. The number of benzene rings is 1. The first-order chi connectivity index (χ1) is 7.43. The number of hydrogen-bond acceptors (Lipinski definition) is 2. The maximum absolute atomic E-state index is 13.6. The SMILES string of the molecule is CC(C)NC(C(=O)O)c1cccc(Cl)c1F. The molecule has 0 saturated carbocycles. The monoisotopic (exact) mass is 245 g/mol. The van der Waals surface area contributed by atoms with Crippen molar-refractivity contribution < 1.29 is 14.3 Å². The number of halogens is 2. The van der Waals surface area contributed by atoms with Crippen LogP contribution in [0.3, 0.4) is 0 Å². The van der Waals surface area contributed by atoms with Crippen LogP contribution in [0.2, 0.25) is 5.02 Å². The third kappa shape index (κ3) is 2.93. The third-order valence-electron chi connectivity index (χ3n) is 2.04. The van der Waals surface area contributed by atoms with Gasteiger partial charge in [0, 0.05) is 11.6 Å². The van der Waals surface area contributed by atoms with E-state index in [2.05, 4.69) is 5.32 Å². The fourth-order valence-electron chi connectivity index (χ4n) is 1.37. The smallest absolute Gasteiger partial charge is 0.325 e. The number of carbonyl (C=O) groups is 1. The van der Waals surface area contributed by atoms with E-state index in [1.165, 1.54) is 18.2 Å². The largest absolute Gasteiger partial charge is 0.480 e. The van der Waals surface area contributed by atoms with Crippen LogP contribution in [0.5, 0.6) is 0 Å². The second-order valence-electron chi connectivity index (χ2n) is 3.74. The van der Waals surface area contributed by atoms with Crippen LogP contribution >= 0.6 is 11.6 Å². The summed E-state index contributed by atoms with van der Waals surface area (Å²) in [5.74, 6) is -1.82. The summed E-state index contributed by atoms with van der Waals surface area (Å²) in [4.78, 5) is 11.0. The first kappa shape index (κ1) is 12.9. The molecule has 1 unspecified atom stereocenters. The molecule has 0 aliphatic carbocycles. The Morgan fingerprint density at radius 2 is 2.12 bits per heavy atom. The maximum Gasteiger partial charge on any atom is 0.325 e. The van der Waals surface area contributed by atoms with Crippen LogP contribution in [0.15, 0.2) is 18.2 Å². The highest BCUT2D eigenvalue weighted by Crippen LogP contribution is 2.23. The molecule has 1 atom stereocenters. The van der Waals surface area contributed by atoms with E-state index < -0.39 is 17.8 Å². The van der Waals surface area contributed by atoms with Crippen molar-refractivity contribution in [1.82, 2.24) is 5.32 Å². The summed E-state index contributed by atoms with van der Waals surface area (Å²) in [6.07, 6.45) is 0. The number of nitrogens with one attached hydrogen (secondary N) is 1. The van der Waals surface area contributed by atoms with Gasteiger partial charge in [0.1, 0.15) is 11.9 Å². The minimum atomic E-state index is -1.13. The Morgan fingerprint density at radius 1 is 1.50 bits per heavy atom. The predicted octanol–water partition coefficient (Wildman–Crippen LogP) is 2.60. The van der Waals surface area contributed by atoms with Gasteiger partial charge in [0.25, 0.3) is 0 Å². The van der Waals surface area contributed by atoms with Gasteiger partial charge in [-0.05, 0) is 19.9 Å². The predicted molar refractivity (Wildman–Crippen MR) is 60.1 cm³/mol. The zero-order chi connectivity index (χ0) is 12.3. The topological polar surface area (TPSA) is 49.3 Å². The van der Waals surface area contributed by atoms with Crippen molar-refractivity contribution in [2.75, 3.05) is 0 Å². The lowest BCUT2D eigenvalue weighted by Crippen LogP contribution is -2.34. The number of carboxylic acid groups (broad SMARTS) is 1. The van der Waals surface area contributed by atoms with Gasteiger partial charge in [-0.15, -0.1) is 0 Å². The van der Waals surface area contributed by atoms with Crippen LogP contribution in [0.1, 0.15) is 25.5 Å². The van der Waals surface area contributed by atoms with Crippen molar-refractivity contribution in [3.63, 3.8) is 0 Å². The van der Waals surface area contributed by atoms with Crippen molar-refractivity contribution in [3.05, 3.63) is 34.6 Å². The highest BCUT2D eigenvalue weighted by Gasteiger charge is 2.24. The number of carboxylic acids is 1. The molecule has 1 aromatic carbocycles. The van der Waals surface area contributed by atoms with Gasteiger partial charge in [-0.25, -0.2) is 4.39 Å². The number of rotatable bonds is 4. The fourth-order valence-corrected chi connectivity index (χ4v) is 1.55.